The summed E-state index contributed by atoms with van der Waals surface area (Å²) in [7, 11) is 5.34. The monoisotopic (exact) mass is 301 g/mol. The molecular weight excluding hydrogens is 278 g/mol. The maximum Gasteiger partial charge on any atom is 0.161 e. The van der Waals surface area contributed by atoms with E-state index in [1.807, 2.05) is 30.1 Å². The lowest BCUT2D eigenvalue weighted by Crippen LogP contribution is -2.24. The number of benzene rings is 1. The molecule has 1 aromatic carbocycles. The van der Waals surface area contributed by atoms with Crippen LogP contribution in [0, 0.1) is 0 Å². The summed E-state index contributed by atoms with van der Waals surface area (Å²) in [5, 5.41) is 8.04. The van der Waals surface area contributed by atoms with Gasteiger partial charge in [-0.25, -0.2) is 0 Å². The van der Waals surface area contributed by atoms with E-state index in [1.54, 1.807) is 14.2 Å². The van der Waals surface area contributed by atoms with Crippen LogP contribution in [0.3, 0.4) is 0 Å². The summed E-state index contributed by atoms with van der Waals surface area (Å²) < 4.78 is 12.6. The molecule has 0 fully saturated rings. The molecule has 1 aliphatic rings. The highest BCUT2D eigenvalue weighted by Gasteiger charge is 2.22. The quantitative estimate of drug-likeness (QED) is 0.922. The second-order valence-electron chi connectivity index (χ2n) is 5.69. The molecule has 1 N–H and O–H groups in total. The second kappa shape index (κ2) is 6.40. The molecule has 0 amide bonds. The number of methoxy groups -OCH3 is 2. The SMILES string of the molecule is COc1ccc(CN[C@@H]2CCCc3c2cnn3C)cc1OC. The number of hydrogen-bond donors (Lipinski definition) is 1. The van der Waals surface area contributed by atoms with E-state index < -0.39 is 0 Å². The fourth-order valence-electron chi connectivity index (χ4n) is 3.15. The van der Waals surface area contributed by atoms with Crippen molar-refractivity contribution in [2.24, 2.45) is 7.05 Å². The third kappa shape index (κ3) is 2.81. The van der Waals surface area contributed by atoms with Crippen LogP contribution in [0.25, 0.3) is 0 Å². The molecule has 0 saturated heterocycles. The number of aromatic nitrogens is 2. The van der Waals surface area contributed by atoms with Crippen molar-refractivity contribution in [2.45, 2.75) is 31.8 Å². The molecule has 1 aliphatic carbocycles. The number of hydrogen-bond acceptors (Lipinski definition) is 4. The summed E-state index contributed by atoms with van der Waals surface area (Å²) in [4.78, 5) is 0. The maximum absolute atomic E-state index is 5.36. The predicted octanol–water partition coefficient (Wildman–Crippen LogP) is 2.60. The lowest BCUT2D eigenvalue weighted by atomic mass is 9.93. The second-order valence-corrected chi connectivity index (χ2v) is 5.69. The fourth-order valence-corrected chi connectivity index (χ4v) is 3.15. The van der Waals surface area contributed by atoms with Crippen molar-refractivity contribution >= 4 is 0 Å². The maximum atomic E-state index is 5.36. The Balaban J connectivity index is 1.71. The van der Waals surface area contributed by atoms with Crippen LogP contribution in [-0.4, -0.2) is 24.0 Å². The largest absolute Gasteiger partial charge is 0.493 e. The molecule has 5 nitrogen and oxygen atoms in total. The topological polar surface area (TPSA) is 48.3 Å². The van der Waals surface area contributed by atoms with E-state index in [-0.39, 0.29) is 0 Å². The molecule has 0 radical (unpaired) electrons. The van der Waals surface area contributed by atoms with Crippen molar-refractivity contribution in [1.29, 1.82) is 0 Å². The van der Waals surface area contributed by atoms with Gasteiger partial charge in [0.25, 0.3) is 0 Å². The Kier molecular flexibility index (Phi) is 4.34. The first-order chi connectivity index (χ1) is 10.7. The molecule has 5 heteroatoms. The summed E-state index contributed by atoms with van der Waals surface area (Å²) in [5.41, 5.74) is 3.89. The van der Waals surface area contributed by atoms with Gasteiger partial charge >= 0.3 is 0 Å². The van der Waals surface area contributed by atoms with E-state index >= 15 is 0 Å². The van der Waals surface area contributed by atoms with E-state index in [1.165, 1.54) is 23.2 Å². The summed E-state index contributed by atoms with van der Waals surface area (Å²) in [5.74, 6) is 1.53. The number of rotatable bonds is 5. The molecule has 1 heterocycles. The molecule has 1 atom stereocenters. The Morgan fingerprint density at radius 3 is 2.86 bits per heavy atom. The van der Waals surface area contributed by atoms with Gasteiger partial charge < -0.3 is 14.8 Å². The van der Waals surface area contributed by atoms with Crippen LogP contribution in [0.5, 0.6) is 11.5 Å². The van der Waals surface area contributed by atoms with Gasteiger partial charge in [-0.2, -0.15) is 5.10 Å². The summed E-state index contributed by atoms with van der Waals surface area (Å²) in [6, 6.07) is 6.43. The van der Waals surface area contributed by atoms with Crippen LogP contribution in [0.4, 0.5) is 0 Å². The normalized spacial score (nSPS) is 17.1. The van der Waals surface area contributed by atoms with Gasteiger partial charge in [-0.3, -0.25) is 4.68 Å². The van der Waals surface area contributed by atoms with Gasteiger partial charge in [0, 0.05) is 30.9 Å². The minimum absolute atomic E-state index is 0.380. The molecule has 0 unspecified atom stereocenters. The number of ether oxygens (including phenoxy) is 2. The van der Waals surface area contributed by atoms with E-state index in [9.17, 15) is 0 Å². The standard InChI is InChI=1S/C17H23N3O2/c1-20-15-6-4-5-14(13(15)11-19-20)18-10-12-7-8-16(21-2)17(9-12)22-3/h7-9,11,14,18H,4-6,10H2,1-3H3/t14-/m1/s1. The summed E-state index contributed by atoms with van der Waals surface area (Å²) in [6.07, 6.45) is 5.49. The highest BCUT2D eigenvalue weighted by atomic mass is 16.5. The Morgan fingerprint density at radius 2 is 2.09 bits per heavy atom. The lowest BCUT2D eigenvalue weighted by molar-refractivity contribution is 0.354. The zero-order chi connectivity index (χ0) is 15.5. The lowest BCUT2D eigenvalue weighted by Gasteiger charge is -2.24. The summed E-state index contributed by atoms with van der Waals surface area (Å²) >= 11 is 0. The van der Waals surface area contributed by atoms with Crippen molar-refractivity contribution in [3.05, 3.63) is 41.2 Å². The van der Waals surface area contributed by atoms with E-state index in [4.69, 9.17) is 9.47 Å². The average Bonchev–Trinajstić information content (AvgIpc) is 2.94. The number of nitrogens with zero attached hydrogens (tertiary/aromatic N) is 2. The minimum atomic E-state index is 0.380. The number of aryl methyl sites for hydroxylation is 1. The third-order valence-corrected chi connectivity index (χ3v) is 4.38. The smallest absolute Gasteiger partial charge is 0.161 e. The van der Waals surface area contributed by atoms with Crippen LogP contribution in [0.2, 0.25) is 0 Å². The van der Waals surface area contributed by atoms with Crippen LogP contribution < -0.4 is 14.8 Å². The van der Waals surface area contributed by atoms with Gasteiger partial charge in [-0.15, -0.1) is 0 Å². The first kappa shape index (κ1) is 14.9. The molecule has 118 valence electrons. The predicted molar refractivity (Wildman–Crippen MR) is 85.3 cm³/mol. The molecule has 2 aromatic rings. The van der Waals surface area contributed by atoms with Crippen molar-refractivity contribution in [3.63, 3.8) is 0 Å². The highest BCUT2D eigenvalue weighted by Crippen LogP contribution is 2.31. The average molecular weight is 301 g/mol. The van der Waals surface area contributed by atoms with Crippen molar-refractivity contribution in [3.8, 4) is 11.5 Å². The van der Waals surface area contributed by atoms with Gasteiger partial charge in [0.05, 0.1) is 20.4 Å². The third-order valence-electron chi connectivity index (χ3n) is 4.38. The van der Waals surface area contributed by atoms with Gasteiger partial charge in [0.1, 0.15) is 0 Å². The molecule has 0 spiro atoms. The van der Waals surface area contributed by atoms with Crippen molar-refractivity contribution < 1.29 is 9.47 Å². The van der Waals surface area contributed by atoms with Crippen LogP contribution in [-0.2, 0) is 20.0 Å². The zero-order valence-corrected chi connectivity index (χ0v) is 13.4. The van der Waals surface area contributed by atoms with Gasteiger partial charge in [-0.1, -0.05) is 6.07 Å². The number of fused-ring (bicyclic) bond motifs is 1. The van der Waals surface area contributed by atoms with Gasteiger partial charge in [0.2, 0.25) is 0 Å². The molecule has 0 saturated carbocycles. The van der Waals surface area contributed by atoms with Crippen LogP contribution in [0.15, 0.2) is 24.4 Å². The fraction of sp³-hybridized carbons (Fsp3) is 0.471. The van der Waals surface area contributed by atoms with Gasteiger partial charge in [-0.05, 0) is 37.0 Å². The summed E-state index contributed by atoms with van der Waals surface area (Å²) in [6.45, 7) is 0.805. The zero-order valence-electron chi connectivity index (χ0n) is 13.4. The van der Waals surface area contributed by atoms with Crippen molar-refractivity contribution in [2.75, 3.05) is 14.2 Å². The molecular formula is C17H23N3O2. The van der Waals surface area contributed by atoms with E-state index in [0.717, 1.165) is 30.9 Å². The molecule has 3 rings (SSSR count). The van der Waals surface area contributed by atoms with E-state index in [2.05, 4.69) is 16.5 Å². The highest BCUT2D eigenvalue weighted by molar-refractivity contribution is 5.42. The Morgan fingerprint density at radius 1 is 1.27 bits per heavy atom. The number of nitrogens with one attached hydrogen (secondary N) is 1. The first-order valence-corrected chi connectivity index (χ1v) is 7.68. The Hall–Kier alpha value is -2.01. The Bertz CT molecular complexity index is 651. The van der Waals surface area contributed by atoms with Crippen molar-refractivity contribution in [1.82, 2.24) is 15.1 Å². The molecule has 22 heavy (non-hydrogen) atoms. The van der Waals surface area contributed by atoms with Crippen LogP contribution >= 0.6 is 0 Å². The first-order valence-electron chi connectivity index (χ1n) is 7.68. The molecule has 1 aromatic heterocycles. The Labute approximate surface area is 131 Å². The molecule has 0 bridgehead atoms. The minimum Gasteiger partial charge on any atom is -0.493 e. The molecule has 0 aliphatic heterocycles. The van der Waals surface area contributed by atoms with E-state index in [0.29, 0.717) is 6.04 Å². The van der Waals surface area contributed by atoms with Gasteiger partial charge in [0.15, 0.2) is 11.5 Å². The van der Waals surface area contributed by atoms with Crippen LogP contribution in [0.1, 0.15) is 35.7 Å².